The zero-order valence-corrected chi connectivity index (χ0v) is 8.78. The number of aromatic amines is 1. The molecular formula is C10H7F3N2O3. The number of rotatable bonds is 3. The standard InChI is InChI=1S/C10H7F3N2O3/c11-10(12,13)18-5-1-2-7-6(3-5)8(15-14-7)4-9(16)17/h1-3H,4H2,(H,14,15)(H,16,17). The third kappa shape index (κ3) is 2.70. The Kier molecular flexibility index (Phi) is 2.85. The highest BCUT2D eigenvalue weighted by atomic mass is 19.4. The number of benzene rings is 1. The third-order valence-corrected chi connectivity index (χ3v) is 2.17. The van der Waals surface area contributed by atoms with E-state index in [0.717, 1.165) is 12.1 Å². The number of carboxylic acid groups (broad SMARTS) is 1. The van der Waals surface area contributed by atoms with E-state index >= 15 is 0 Å². The van der Waals surface area contributed by atoms with Crippen molar-refractivity contribution in [3.8, 4) is 5.75 Å². The Morgan fingerprint density at radius 3 is 2.78 bits per heavy atom. The van der Waals surface area contributed by atoms with Crippen molar-refractivity contribution < 1.29 is 27.8 Å². The number of aromatic nitrogens is 2. The smallest absolute Gasteiger partial charge is 0.481 e. The quantitative estimate of drug-likeness (QED) is 0.886. The van der Waals surface area contributed by atoms with Crippen LogP contribution in [0.3, 0.4) is 0 Å². The molecule has 0 bridgehead atoms. The van der Waals surface area contributed by atoms with E-state index in [1.54, 1.807) is 0 Å². The van der Waals surface area contributed by atoms with E-state index < -0.39 is 18.1 Å². The van der Waals surface area contributed by atoms with Gasteiger partial charge in [-0.3, -0.25) is 9.89 Å². The van der Waals surface area contributed by atoms with E-state index in [0.29, 0.717) is 10.9 Å². The molecule has 96 valence electrons. The van der Waals surface area contributed by atoms with Gasteiger partial charge in [0.25, 0.3) is 0 Å². The summed E-state index contributed by atoms with van der Waals surface area (Å²) in [6.07, 6.45) is -5.17. The van der Waals surface area contributed by atoms with E-state index in [4.69, 9.17) is 5.11 Å². The molecule has 1 aromatic carbocycles. The molecule has 0 aliphatic rings. The molecule has 2 aromatic rings. The van der Waals surface area contributed by atoms with E-state index in [-0.39, 0.29) is 12.1 Å². The molecule has 0 saturated heterocycles. The second-order valence-electron chi connectivity index (χ2n) is 3.50. The second-order valence-corrected chi connectivity index (χ2v) is 3.50. The Morgan fingerprint density at radius 1 is 1.44 bits per heavy atom. The summed E-state index contributed by atoms with van der Waals surface area (Å²) in [5.74, 6) is -1.53. The van der Waals surface area contributed by atoms with Crippen molar-refractivity contribution in [1.82, 2.24) is 10.2 Å². The van der Waals surface area contributed by atoms with Crippen LogP contribution < -0.4 is 4.74 Å². The molecule has 1 aromatic heterocycles. The van der Waals surface area contributed by atoms with Crippen molar-refractivity contribution in [3.05, 3.63) is 23.9 Å². The number of H-pyrrole nitrogens is 1. The van der Waals surface area contributed by atoms with E-state index in [9.17, 15) is 18.0 Å². The molecule has 18 heavy (non-hydrogen) atoms. The van der Waals surface area contributed by atoms with Gasteiger partial charge >= 0.3 is 12.3 Å². The van der Waals surface area contributed by atoms with Crippen LogP contribution in [0.2, 0.25) is 0 Å². The first-order valence-corrected chi connectivity index (χ1v) is 4.80. The highest BCUT2D eigenvalue weighted by Gasteiger charge is 2.31. The van der Waals surface area contributed by atoms with Gasteiger partial charge in [-0.05, 0) is 18.2 Å². The van der Waals surface area contributed by atoms with Gasteiger partial charge in [-0.2, -0.15) is 5.10 Å². The molecule has 0 fully saturated rings. The Labute approximate surface area is 98.2 Å². The fourth-order valence-corrected chi connectivity index (χ4v) is 1.52. The summed E-state index contributed by atoms with van der Waals surface area (Å²) in [6.45, 7) is 0. The first-order chi connectivity index (χ1) is 8.35. The molecule has 5 nitrogen and oxygen atoms in total. The molecule has 8 heteroatoms. The van der Waals surface area contributed by atoms with Gasteiger partial charge in [-0.25, -0.2) is 0 Å². The van der Waals surface area contributed by atoms with Crippen molar-refractivity contribution in [3.63, 3.8) is 0 Å². The fourth-order valence-electron chi connectivity index (χ4n) is 1.52. The van der Waals surface area contributed by atoms with Gasteiger partial charge in [0.15, 0.2) is 0 Å². The van der Waals surface area contributed by atoms with Crippen LogP contribution in [0.4, 0.5) is 13.2 Å². The number of hydrogen-bond donors (Lipinski definition) is 2. The highest BCUT2D eigenvalue weighted by Crippen LogP contribution is 2.27. The van der Waals surface area contributed by atoms with Crippen LogP contribution in [0.5, 0.6) is 5.75 Å². The Bertz CT molecular complexity index is 592. The Balaban J connectivity index is 2.39. The molecular weight excluding hydrogens is 253 g/mol. The number of hydrogen-bond acceptors (Lipinski definition) is 3. The molecule has 0 aliphatic heterocycles. The number of ether oxygens (including phenoxy) is 1. The summed E-state index contributed by atoms with van der Waals surface area (Å²) >= 11 is 0. The van der Waals surface area contributed by atoms with Gasteiger partial charge in [0.1, 0.15) is 5.75 Å². The maximum atomic E-state index is 12.0. The topological polar surface area (TPSA) is 75.2 Å². The molecule has 0 spiro atoms. The Morgan fingerprint density at radius 2 is 2.17 bits per heavy atom. The van der Waals surface area contributed by atoms with Gasteiger partial charge in [-0.1, -0.05) is 0 Å². The van der Waals surface area contributed by atoms with Gasteiger partial charge in [0.05, 0.1) is 17.6 Å². The average Bonchev–Trinajstić information content (AvgIpc) is 2.58. The SMILES string of the molecule is O=C(O)Cc1n[nH]c2ccc(OC(F)(F)F)cc12. The number of aliphatic carboxylic acids is 1. The molecule has 0 atom stereocenters. The van der Waals surface area contributed by atoms with Crippen molar-refractivity contribution >= 4 is 16.9 Å². The molecule has 1 heterocycles. The van der Waals surface area contributed by atoms with Crippen LogP contribution in [0.1, 0.15) is 5.69 Å². The van der Waals surface area contributed by atoms with Crippen LogP contribution in [-0.4, -0.2) is 27.6 Å². The normalized spacial score (nSPS) is 11.7. The summed E-state index contributed by atoms with van der Waals surface area (Å²) in [7, 11) is 0. The van der Waals surface area contributed by atoms with Crippen molar-refractivity contribution in [2.75, 3.05) is 0 Å². The predicted octanol–water partition coefficient (Wildman–Crippen LogP) is 2.09. The van der Waals surface area contributed by atoms with Crippen molar-refractivity contribution in [1.29, 1.82) is 0 Å². The fraction of sp³-hybridized carbons (Fsp3) is 0.200. The lowest BCUT2D eigenvalue weighted by atomic mass is 10.1. The number of carboxylic acids is 1. The third-order valence-electron chi connectivity index (χ3n) is 2.17. The van der Waals surface area contributed by atoms with Crippen LogP contribution in [0.15, 0.2) is 18.2 Å². The van der Waals surface area contributed by atoms with Crippen LogP contribution >= 0.6 is 0 Å². The first-order valence-electron chi connectivity index (χ1n) is 4.80. The number of nitrogens with zero attached hydrogens (tertiary/aromatic N) is 1. The zero-order chi connectivity index (χ0) is 13.3. The van der Waals surface area contributed by atoms with Crippen molar-refractivity contribution in [2.45, 2.75) is 12.8 Å². The van der Waals surface area contributed by atoms with Crippen molar-refractivity contribution in [2.24, 2.45) is 0 Å². The minimum absolute atomic E-state index is 0.158. The van der Waals surface area contributed by atoms with E-state index in [1.807, 2.05) is 0 Å². The highest BCUT2D eigenvalue weighted by molar-refractivity contribution is 5.86. The number of nitrogens with one attached hydrogen (secondary N) is 1. The average molecular weight is 260 g/mol. The molecule has 0 radical (unpaired) electrons. The summed E-state index contributed by atoms with van der Waals surface area (Å²) in [5, 5.41) is 15.2. The number of halogens is 3. The second kappa shape index (κ2) is 4.21. The minimum atomic E-state index is -4.79. The lowest BCUT2D eigenvalue weighted by Crippen LogP contribution is -2.17. The molecule has 0 saturated carbocycles. The monoisotopic (exact) mass is 260 g/mol. The molecule has 2 N–H and O–H groups in total. The summed E-state index contributed by atoms with van der Waals surface area (Å²) in [5.41, 5.74) is 0.603. The van der Waals surface area contributed by atoms with Gasteiger partial charge in [0, 0.05) is 5.39 Å². The maximum Gasteiger partial charge on any atom is 0.573 e. The first kappa shape index (κ1) is 12.2. The lowest BCUT2D eigenvalue weighted by molar-refractivity contribution is -0.274. The summed E-state index contributed by atoms with van der Waals surface area (Å²) < 4.78 is 39.9. The van der Waals surface area contributed by atoms with Crippen LogP contribution in [-0.2, 0) is 11.2 Å². The van der Waals surface area contributed by atoms with E-state index in [2.05, 4.69) is 14.9 Å². The summed E-state index contributed by atoms with van der Waals surface area (Å²) in [6, 6.07) is 3.57. The molecule has 0 aliphatic carbocycles. The van der Waals surface area contributed by atoms with Crippen LogP contribution in [0, 0.1) is 0 Å². The summed E-state index contributed by atoms with van der Waals surface area (Å²) in [4.78, 5) is 10.6. The maximum absolute atomic E-state index is 12.0. The van der Waals surface area contributed by atoms with Crippen LogP contribution in [0.25, 0.3) is 10.9 Å². The molecule has 2 rings (SSSR count). The van der Waals surface area contributed by atoms with E-state index in [1.165, 1.54) is 6.07 Å². The number of carbonyl (C=O) groups is 1. The number of fused-ring (bicyclic) bond motifs is 1. The minimum Gasteiger partial charge on any atom is -0.481 e. The Hall–Kier alpha value is -2.25. The predicted molar refractivity (Wildman–Crippen MR) is 54.1 cm³/mol. The zero-order valence-electron chi connectivity index (χ0n) is 8.78. The largest absolute Gasteiger partial charge is 0.573 e. The lowest BCUT2D eigenvalue weighted by Gasteiger charge is -2.08. The van der Waals surface area contributed by atoms with Gasteiger partial charge in [-0.15, -0.1) is 13.2 Å². The van der Waals surface area contributed by atoms with Gasteiger partial charge < -0.3 is 9.84 Å². The molecule has 0 amide bonds. The molecule has 0 unspecified atom stereocenters. The number of alkyl halides is 3. The van der Waals surface area contributed by atoms with Gasteiger partial charge in [0.2, 0.25) is 0 Å².